The maximum absolute atomic E-state index is 11.8. The molecule has 3 amide bonds. The van der Waals surface area contributed by atoms with Crippen molar-refractivity contribution in [3.8, 4) is 11.5 Å². The highest BCUT2D eigenvalue weighted by Gasteiger charge is 2.27. The van der Waals surface area contributed by atoms with Crippen molar-refractivity contribution >= 4 is 23.7 Å². The van der Waals surface area contributed by atoms with Crippen LogP contribution in [0, 0.1) is 0 Å². The summed E-state index contributed by atoms with van der Waals surface area (Å²) in [6.45, 7) is 4.08. The van der Waals surface area contributed by atoms with Crippen LogP contribution in [0.25, 0.3) is 0 Å². The number of nitrogens with one attached hydrogen (secondary N) is 2. The smallest absolute Gasteiger partial charge is 0.321 e. The molecule has 1 atom stereocenters. The molecule has 0 radical (unpaired) electrons. The van der Waals surface area contributed by atoms with E-state index in [9.17, 15) is 9.59 Å². The summed E-state index contributed by atoms with van der Waals surface area (Å²) in [4.78, 5) is 23.3. The molecule has 0 bridgehead atoms. The molecule has 2 N–H and O–H groups in total. The number of nitrogens with zero attached hydrogens (tertiary/aromatic N) is 3. The SMILES string of the molecule is C=CCNC(=O)NC(=O)CSc1nnc(C2COc3ccccc3O2)n1C. The standard InChI is InChI=1S/C17H19N5O4S/c1-3-8-18-16(24)19-14(23)10-27-17-21-20-15(22(17)2)13-9-25-11-6-4-5-7-12(11)26-13/h3-7,13H,1,8-10H2,2H3,(H2,18,19,23,24). The summed E-state index contributed by atoms with van der Waals surface area (Å²) < 4.78 is 13.4. The van der Waals surface area contributed by atoms with Gasteiger partial charge in [-0.25, -0.2) is 4.79 Å². The van der Waals surface area contributed by atoms with Crippen LogP contribution in [-0.4, -0.2) is 45.6 Å². The van der Waals surface area contributed by atoms with E-state index in [0.717, 1.165) is 0 Å². The van der Waals surface area contributed by atoms with Gasteiger partial charge in [-0.3, -0.25) is 10.1 Å². The lowest BCUT2D eigenvalue weighted by Gasteiger charge is -2.25. The molecule has 9 nitrogen and oxygen atoms in total. The number of thioether (sulfide) groups is 1. The predicted octanol–water partition coefficient (Wildman–Crippen LogP) is 1.43. The van der Waals surface area contributed by atoms with Crippen molar-refractivity contribution in [2.75, 3.05) is 18.9 Å². The van der Waals surface area contributed by atoms with Gasteiger partial charge < -0.3 is 19.4 Å². The van der Waals surface area contributed by atoms with E-state index in [-0.39, 0.29) is 12.3 Å². The Kier molecular flexibility index (Phi) is 5.97. The first-order valence-corrected chi connectivity index (χ1v) is 9.16. The third-order valence-electron chi connectivity index (χ3n) is 3.66. The van der Waals surface area contributed by atoms with E-state index in [4.69, 9.17) is 9.47 Å². The fourth-order valence-electron chi connectivity index (χ4n) is 2.38. The van der Waals surface area contributed by atoms with Gasteiger partial charge in [-0.15, -0.1) is 16.8 Å². The van der Waals surface area contributed by atoms with E-state index in [0.29, 0.717) is 29.1 Å². The molecule has 27 heavy (non-hydrogen) atoms. The van der Waals surface area contributed by atoms with E-state index in [1.165, 1.54) is 17.8 Å². The fourth-order valence-corrected chi connectivity index (χ4v) is 3.10. The van der Waals surface area contributed by atoms with Gasteiger partial charge in [0, 0.05) is 13.6 Å². The van der Waals surface area contributed by atoms with Crippen molar-refractivity contribution in [2.24, 2.45) is 7.05 Å². The zero-order valence-electron chi connectivity index (χ0n) is 14.7. The molecule has 0 saturated carbocycles. The molecule has 3 rings (SSSR count). The van der Waals surface area contributed by atoms with Crippen LogP contribution in [0.15, 0.2) is 42.1 Å². The van der Waals surface area contributed by atoms with Crippen molar-refractivity contribution in [3.63, 3.8) is 0 Å². The van der Waals surface area contributed by atoms with Crippen molar-refractivity contribution in [2.45, 2.75) is 11.3 Å². The first-order chi connectivity index (χ1) is 13.1. The van der Waals surface area contributed by atoms with Crippen molar-refractivity contribution < 1.29 is 19.1 Å². The summed E-state index contributed by atoms with van der Waals surface area (Å²) in [7, 11) is 1.79. The number of hydrogen-bond donors (Lipinski definition) is 2. The Morgan fingerprint density at radius 2 is 2.15 bits per heavy atom. The quantitative estimate of drug-likeness (QED) is 0.568. The van der Waals surface area contributed by atoms with Crippen LogP contribution in [-0.2, 0) is 11.8 Å². The minimum atomic E-state index is -0.564. The highest BCUT2D eigenvalue weighted by atomic mass is 32.2. The molecular weight excluding hydrogens is 370 g/mol. The third kappa shape index (κ3) is 4.59. The highest BCUT2D eigenvalue weighted by Crippen LogP contribution is 2.35. The van der Waals surface area contributed by atoms with Crippen LogP contribution in [0.2, 0.25) is 0 Å². The lowest BCUT2D eigenvalue weighted by molar-refractivity contribution is -0.117. The van der Waals surface area contributed by atoms with Gasteiger partial charge in [0.1, 0.15) is 6.61 Å². The molecule has 1 unspecified atom stereocenters. The van der Waals surface area contributed by atoms with Crippen molar-refractivity contribution in [1.29, 1.82) is 0 Å². The zero-order valence-corrected chi connectivity index (χ0v) is 15.5. The minimum Gasteiger partial charge on any atom is -0.485 e. The number of urea groups is 1. The van der Waals surface area contributed by atoms with E-state index in [2.05, 4.69) is 27.4 Å². The highest BCUT2D eigenvalue weighted by molar-refractivity contribution is 7.99. The largest absolute Gasteiger partial charge is 0.485 e. The second-order valence-corrected chi connectivity index (χ2v) is 6.54. The number of rotatable bonds is 6. The maximum atomic E-state index is 11.8. The van der Waals surface area contributed by atoms with Gasteiger partial charge >= 0.3 is 6.03 Å². The summed E-state index contributed by atoms with van der Waals surface area (Å²) in [5, 5.41) is 13.5. The molecular formula is C17H19N5O4S. The summed E-state index contributed by atoms with van der Waals surface area (Å²) in [6.07, 6.45) is 1.13. The molecule has 1 aliphatic rings. The summed E-state index contributed by atoms with van der Waals surface area (Å²) in [6, 6.07) is 6.85. The first-order valence-electron chi connectivity index (χ1n) is 8.17. The number of aromatic nitrogens is 3. The van der Waals surface area contributed by atoms with Crippen molar-refractivity contribution in [3.05, 3.63) is 42.7 Å². The molecule has 2 heterocycles. The van der Waals surface area contributed by atoms with Crippen LogP contribution in [0.1, 0.15) is 11.9 Å². The second-order valence-electron chi connectivity index (χ2n) is 5.60. The number of fused-ring (bicyclic) bond motifs is 1. The zero-order chi connectivity index (χ0) is 19.2. The van der Waals surface area contributed by atoms with E-state index < -0.39 is 18.0 Å². The molecule has 10 heteroatoms. The lowest BCUT2D eigenvalue weighted by Crippen LogP contribution is -2.40. The Labute approximate surface area is 160 Å². The number of ether oxygens (including phenoxy) is 2. The van der Waals surface area contributed by atoms with Gasteiger partial charge in [0.15, 0.2) is 28.6 Å². The van der Waals surface area contributed by atoms with Crippen LogP contribution in [0.4, 0.5) is 4.79 Å². The van der Waals surface area contributed by atoms with E-state index in [1.54, 1.807) is 11.6 Å². The lowest BCUT2D eigenvalue weighted by atomic mass is 10.2. The van der Waals surface area contributed by atoms with Crippen LogP contribution in [0.5, 0.6) is 11.5 Å². The average molecular weight is 389 g/mol. The number of amides is 3. The number of carbonyl (C=O) groups excluding carboxylic acids is 2. The number of hydrogen-bond acceptors (Lipinski definition) is 7. The monoisotopic (exact) mass is 389 g/mol. The van der Waals surface area contributed by atoms with Crippen molar-refractivity contribution in [1.82, 2.24) is 25.4 Å². The van der Waals surface area contributed by atoms with Gasteiger partial charge in [0.05, 0.1) is 5.75 Å². The van der Waals surface area contributed by atoms with Gasteiger partial charge in [-0.05, 0) is 12.1 Å². The Morgan fingerprint density at radius 3 is 2.93 bits per heavy atom. The van der Waals surface area contributed by atoms with Gasteiger partial charge in [-0.1, -0.05) is 30.0 Å². The molecule has 0 spiro atoms. The number of carbonyl (C=O) groups is 2. The molecule has 1 aliphatic heterocycles. The number of benzene rings is 1. The maximum Gasteiger partial charge on any atom is 0.321 e. The summed E-state index contributed by atoms with van der Waals surface area (Å²) in [5.41, 5.74) is 0. The molecule has 1 aromatic heterocycles. The normalized spacial score (nSPS) is 15.1. The minimum absolute atomic E-state index is 0.0261. The van der Waals surface area contributed by atoms with E-state index in [1.807, 2.05) is 24.3 Å². The summed E-state index contributed by atoms with van der Waals surface area (Å²) in [5.74, 6) is 1.53. The molecule has 0 saturated heterocycles. The average Bonchev–Trinajstić information content (AvgIpc) is 3.04. The van der Waals surface area contributed by atoms with Crippen LogP contribution >= 0.6 is 11.8 Å². The molecule has 142 valence electrons. The van der Waals surface area contributed by atoms with E-state index >= 15 is 0 Å². The Balaban J connectivity index is 1.57. The molecule has 2 aromatic rings. The van der Waals surface area contributed by atoms with Crippen LogP contribution < -0.4 is 20.1 Å². The molecule has 0 aliphatic carbocycles. The molecule has 1 aromatic carbocycles. The predicted molar refractivity (Wildman–Crippen MR) is 98.8 cm³/mol. The Morgan fingerprint density at radius 1 is 1.37 bits per heavy atom. The number of para-hydroxylation sites is 2. The topological polar surface area (TPSA) is 107 Å². The number of imide groups is 1. The molecule has 0 fully saturated rings. The van der Waals surface area contributed by atoms with Gasteiger partial charge in [0.25, 0.3) is 0 Å². The third-order valence-corrected chi connectivity index (χ3v) is 4.68. The van der Waals surface area contributed by atoms with Gasteiger partial charge in [0.2, 0.25) is 5.91 Å². The summed E-state index contributed by atoms with van der Waals surface area (Å²) >= 11 is 1.17. The van der Waals surface area contributed by atoms with Gasteiger partial charge in [-0.2, -0.15) is 0 Å². The Bertz CT molecular complexity index is 854. The Hall–Kier alpha value is -3.01. The van der Waals surface area contributed by atoms with Crippen LogP contribution in [0.3, 0.4) is 0 Å². The second kappa shape index (κ2) is 8.58. The fraction of sp³-hybridized carbons (Fsp3) is 0.294. The first kappa shape index (κ1) is 18.8.